The van der Waals surface area contributed by atoms with Gasteiger partial charge in [0.2, 0.25) is 5.70 Å². The molecule has 8 nitrogen and oxygen atoms in total. The van der Waals surface area contributed by atoms with E-state index in [4.69, 9.17) is 9.29 Å². The minimum Gasteiger partial charge on any atom is -0.506 e. The number of methoxy groups -OCH3 is 1. The van der Waals surface area contributed by atoms with E-state index in [0.717, 1.165) is 18.2 Å². The Kier molecular flexibility index (Phi) is 5.47. The summed E-state index contributed by atoms with van der Waals surface area (Å²) in [5.41, 5.74) is -0.828. The second kappa shape index (κ2) is 6.76. The van der Waals surface area contributed by atoms with Gasteiger partial charge in [0.1, 0.15) is 23.3 Å². The molecule has 0 saturated heterocycles. The first-order valence-electron chi connectivity index (χ1n) is 6.41. The molecular formula is C14H17N3O5S. The molecule has 0 heterocycles. The molecule has 0 spiro atoms. The molecule has 0 atom stereocenters. The summed E-state index contributed by atoms with van der Waals surface area (Å²) in [4.78, 5) is -0.450. The third-order valence-corrected chi connectivity index (χ3v) is 3.56. The van der Waals surface area contributed by atoms with Crippen LogP contribution in [-0.4, -0.2) is 25.2 Å². The largest absolute Gasteiger partial charge is 0.506 e. The summed E-state index contributed by atoms with van der Waals surface area (Å²) < 4.78 is 36.4. The summed E-state index contributed by atoms with van der Waals surface area (Å²) in [7, 11) is -3.05. The van der Waals surface area contributed by atoms with Crippen molar-refractivity contribution in [1.82, 2.24) is 0 Å². The highest BCUT2D eigenvalue weighted by atomic mass is 32.2. The summed E-state index contributed by atoms with van der Waals surface area (Å²) in [6, 6.07) is 4.84. The molecule has 0 unspecified atom stereocenters. The summed E-state index contributed by atoms with van der Waals surface area (Å²) >= 11 is 0. The zero-order valence-electron chi connectivity index (χ0n) is 13.1. The third-order valence-electron chi connectivity index (χ3n) is 2.71. The molecule has 0 radical (unpaired) electrons. The van der Waals surface area contributed by atoms with Crippen molar-refractivity contribution < 1.29 is 22.8 Å². The number of nitrogens with zero attached hydrogens (tertiary/aromatic N) is 3. The normalized spacial score (nSPS) is 13.6. The molecule has 0 amide bonds. The van der Waals surface area contributed by atoms with Crippen molar-refractivity contribution in [1.29, 1.82) is 5.26 Å². The molecule has 23 heavy (non-hydrogen) atoms. The number of benzene rings is 1. The highest BCUT2D eigenvalue weighted by Crippen LogP contribution is 2.32. The van der Waals surface area contributed by atoms with Gasteiger partial charge >= 0.3 is 0 Å². The summed E-state index contributed by atoms with van der Waals surface area (Å²) in [6.45, 7) is 5.44. The van der Waals surface area contributed by atoms with Gasteiger partial charge in [0.05, 0.1) is 12.0 Å². The fourth-order valence-corrected chi connectivity index (χ4v) is 2.22. The highest BCUT2D eigenvalue weighted by Gasteiger charge is 2.23. The van der Waals surface area contributed by atoms with E-state index in [0.29, 0.717) is 0 Å². The Morgan fingerprint density at radius 1 is 1.35 bits per heavy atom. The first kappa shape index (κ1) is 18.6. The van der Waals surface area contributed by atoms with E-state index in [1.807, 2.05) is 26.8 Å². The minimum atomic E-state index is -4.44. The number of rotatable bonds is 4. The van der Waals surface area contributed by atoms with E-state index in [2.05, 4.69) is 10.2 Å². The Bertz CT molecular complexity index is 799. The third kappa shape index (κ3) is 4.77. The van der Waals surface area contributed by atoms with E-state index in [1.165, 1.54) is 7.11 Å². The predicted molar refractivity (Wildman–Crippen MR) is 81.5 cm³/mol. The summed E-state index contributed by atoms with van der Waals surface area (Å²) in [6.07, 6.45) is 0. The van der Waals surface area contributed by atoms with Crippen molar-refractivity contribution in [2.75, 3.05) is 7.11 Å². The van der Waals surface area contributed by atoms with Gasteiger partial charge in [-0.2, -0.15) is 13.7 Å². The standard InChI is InChI=1S/C14H17N3O5S/c1-14(2,3)13(22-4)11(8-15)17-16-10-7-9(23(19,20)21)5-6-12(10)18/h5-7,18H,1-4H3,(H,19,20,21)/b13-11-,17-16?. The fourth-order valence-electron chi connectivity index (χ4n) is 1.72. The topological polar surface area (TPSA) is 132 Å². The van der Waals surface area contributed by atoms with E-state index >= 15 is 0 Å². The van der Waals surface area contributed by atoms with Crippen LogP contribution in [-0.2, 0) is 14.9 Å². The summed E-state index contributed by atoms with van der Waals surface area (Å²) in [5, 5.41) is 26.3. The quantitative estimate of drug-likeness (QED) is 0.375. The highest BCUT2D eigenvalue weighted by molar-refractivity contribution is 7.85. The van der Waals surface area contributed by atoms with Gasteiger partial charge in [-0.05, 0) is 18.2 Å². The molecule has 124 valence electrons. The van der Waals surface area contributed by atoms with Gasteiger partial charge in [-0.25, -0.2) is 0 Å². The van der Waals surface area contributed by atoms with Crippen molar-refractivity contribution in [3.8, 4) is 11.8 Å². The van der Waals surface area contributed by atoms with Gasteiger partial charge in [-0.1, -0.05) is 20.8 Å². The molecule has 0 fully saturated rings. The van der Waals surface area contributed by atoms with Crippen LogP contribution in [0.15, 0.2) is 44.8 Å². The molecule has 2 N–H and O–H groups in total. The zero-order valence-corrected chi connectivity index (χ0v) is 13.9. The van der Waals surface area contributed by atoms with Gasteiger partial charge in [-0.15, -0.1) is 10.2 Å². The number of nitriles is 1. The maximum atomic E-state index is 11.1. The Morgan fingerprint density at radius 3 is 2.39 bits per heavy atom. The molecule has 1 aromatic carbocycles. The first-order valence-corrected chi connectivity index (χ1v) is 7.85. The van der Waals surface area contributed by atoms with Crippen molar-refractivity contribution in [3.05, 3.63) is 29.7 Å². The zero-order chi connectivity index (χ0) is 17.8. The van der Waals surface area contributed by atoms with E-state index in [9.17, 15) is 18.8 Å². The molecule has 0 aromatic heterocycles. The number of phenolic OH excluding ortho intramolecular Hbond substituents is 1. The lowest BCUT2D eigenvalue weighted by Gasteiger charge is -2.21. The lowest BCUT2D eigenvalue weighted by molar-refractivity contribution is 0.202. The van der Waals surface area contributed by atoms with E-state index in [-0.39, 0.29) is 22.9 Å². The van der Waals surface area contributed by atoms with Gasteiger partial charge in [0, 0.05) is 5.41 Å². The van der Waals surface area contributed by atoms with Gasteiger partial charge < -0.3 is 9.84 Å². The van der Waals surface area contributed by atoms with Crippen LogP contribution in [0.25, 0.3) is 0 Å². The van der Waals surface area contributed by atoms with Crippen LogP contribution in [0.4, 0.5) is 5.69 Å². The fraction of sp³-hybridized carbons (Fsp3) is 0.357. The van der Waals surface area contributed by atoms with Crippen LogP contribution in [0.1, 0.15) is 20.8 Å². The Balaban J connectivity index is 3.38. The van der Waals surface area contributed by atoms with E-state index in [1.54, 1.807) is 0 Å². The van der Waals surface area contributed by atoms with Crippen molar-refractivity contribution in [3.63, 3.8) is 0 Å². The molecule has 1 aromatic rings. The molecule has 0 aliphatic heterocycles. The Labute approximate surface area is 134 Å². The van der Waals surface area contributed by atoms with Crippen molar-refractivity contribution >= 4 is 15.8 Å². The van der Waals surface area contributed by atoms with Crippen LogP contribution in [0.2, 0.25) is 0 Å². The number of aromatic hydroxyl groups is 1. The minimum absolute atomic E-state index is 0.114. The maximum absolute atomic E-state index is 11.1. The first-order chi connectivity index (χ1) is 10.5. The Hall–Kier alpha value is -2.44. The average molecular weight is 339 g/mol. The van der Waals surface area contributed by atoms with Gasteiger partial charge in [-0.3, -0.25) is 4.55 Å². The maximum Gasteiger partial charge on any atom is 0.294 e. The van der Waals surface area contributed by atoms with Crippen LogP contribution < -0.4 is 0 Å². The molecular weight excluding hydrogens is 322 g/mol. The lowest BCUT2D eigenvalue weighted by Crippen LogP contribution is -2.13. The number of ether oxygens (including phenoxy) is 1. The SMILES string of the molecule is CO/C(=C(/C#N)N=Nc1cc(S(=O)(=O)O)ccc1O)C(C)(C)C. The second-order valence-electron chi connectivity index (χ2n) is 5.57. The molecule has 0 saturated carbocycles. The Morgan fingerprint density at radius 2 is 1.96 bits per heavy atom. The van der Waals surface area contributed by atoms with Gasteiger partial charge in [0.25, 0.3) is 10.1 Å². The molecule has 0 bridgehead atoms. The number of hydrogen-bond donors (Lipinski definition) is 2. The predicted octanol–water partition coefficient (Wildman–Crippen LogP) is 3.15. The summed E-state index contributed by atoms with van der Waals surface area (Å²) in [5.74, 6) is -0.0673. The number of azo groups is 1. The number of allylic oxidation sites excluding steroid dienone is 2. The lowest BCUT2D eigenvalue weighted by atomic mass is 9.92. The molecule has 0 aliphatic carbocycles. The van der Waals surface area contributed by atoms with Gasteiger partial charge in [0.15, 0.2) is 0 Å². The smallest absolute Gasteiger partial charge is 0.294 e. The monoisotopic (exact) mass is 339 g/mol. The van der Waals surface area contributed by atoms with Crippen LogP contribution >= 0.6 is 0 Å². The second-order valence-corrected chi connectivity index (χ2v) is 6.99. The molecule has 1 rings (SSSR count). The number of hydrogen-bond acceptors (Lipinski definition) is 7. The average Bonchev–Trinajstić information content (AvgIpc) is 2.42. The number of phenols is 1. The molecule has 9 heteroatoms. The van der Waals surface area contributed by atoms with Crippen molar-refractivity contribution in [2.45, 2.75) is 25.7 Å². The van der Waals surface area contributed by atoms with Crippen LogP contribution in [0.3, 0.4) is 0 Å². The van der Waals surface area contributed by atoms with Crippen molar-refractivity contribution in [2.24, 2.45) is 15.6 Å². The van der Waals surface area contributed by atoms with E-state index < -0.39 is 20.4 Å². The molecule has 0 aliphatic rings. The van der Waals surface area contributed by atoms with Crippen LogP contribution in [0.5, 0.6) is 5.75 Å². The van der Waals surface area contributed by atoms with Crippen LogP contribution in [0, 0.1) is 16.7 Å².